The zero-order chi connectivity index (χ0) is 9.84. The molecule has 1 atom stereocenters. The molecular formula is C9H14ClNOS. The molecule has 74 valence electrons. The summed E-state index contributed by atoms with van der Waals surface area (Å²) in [7, 11) is 0. The van der Waals surface area contributed by atoms with Crippen LogP contribution < -0.4 is 5.32 Å². The average Bonchev–Trinajstić information content (AvgIpc) is 2.47. The Morgan fingerprint density at radius 1 is 1.62 bits per heavy atom. The van der Waals surface area contributed by atoms with Crippen LogP contribution in [0.3, 0.4) is 0 Å². The number of anilines is 1. The molecule has 1 aromatic heterocycles. The van der Waals surface area contributed by atoms with Gasteiger partial charge in [-0.05, 0) is 17.4 Å². The minimum Gasteiger partial charge on any atom is -0.391 e. The van der Waals surface area contributed by atoms with Crippen molar-refractivity contribution in [2.75, 3.05) is 11.9 Å². The lowest BCUT2D eigenvalue weighted by Gasteiger charge is -2.15. The van der Waals surface area contributed by atoms with E-state index in [1.807, 2.05) is 25.3 Å². The van der Waals surface area contributed by atoms with Gasteiger partial charge in [-0.25, -0.2) is 0 Å². The first-order valence-electron chi connectivity index (χ1n) is 4.26. The standard InChI is InChI=1S/C9H14ClNOS/c1-6(2)8(12)5-11-7-3-4-13-9(7)10/h3-4,6,8,11-12H,5H2,1-2H3. The van der Waals surface area contributed by atoms with Crippen molar-refractivity contribution < 1.29 is 5.11 Å². The highest BCUT2D eigenvalue weighted by Gasteiger charge is 2.09. The number of hydrogen-bond acceptors (Lipinski definition) is 3. The van der Waals surface area contributed by atoms with Crippen LogP contribution in [0.25, 0.3) is 0 Å². The highest BCUT2D eigenvalue weighted by molar-refractivity contribution is 7.15. The molecule has 0 aromatic carbocycles. The van der Waals surface area contributed by atoms with Gasteiger partial charge in [-0.3, -0.25) is 0 Å². The minimum atomic E-state index is -0.323. The van der Waals surface area contributed by atoms with E-state index >= 15 is 0 Å². The second-order valence-corrected chi connectivity index (χ2v) is 4.82. The summed E-state index contributed by atoms with van der Waals surface area (Å²) in [5.74, 6) is 0.268. The molecule has 1 rings (SSSR count). The molecule has 1 heterocycles. The normalized spacial score (nSPS) is 13.3. The minimum absolute atomic E-state index is 0.268. The van der Waals surface area contributed by atoms with Gasteiger partial charge < -0.3 is 10.4 Å². The molecule has 0 saturated carbocycles. The molecule has 0 bridgehead atoms. The third kappa shape index (κ3) is 3.18. The Kier molecular flexibility index (Phi) is 4.03. The Bertz CT molecular complexity index is 262. The first-order valence-corrected chi connectivity index (χ1v) is 5.52. The summed E-state index contributed by atoms with van der Waals surface area (Å²) in [6.07, 6.45) is -0.323. The fraction of sp³-hybridized carbons (Fsp3) is 0.556. The maximum Gasteiger partial charge on any atom is 0.116 e. The molecule has 0 spiro atoms. The van der Waals surface area contributed by atoms with Crippen LogP contribution in [0.2, 0.25) is 4.34 Å². The zero-order valence-electron chi connectivity index (χ0n) is 7.75. The van der Waals surface area contributed by atoms with Crippen LogP contribution in [-0.4, -0.2) is 17.8 Å². The lowest BCUT2D eigenvalue weighted by molar-refractivity contribution is 0.138. The van der Waals surface area contributed by atoms with Gasteiger partial charge in [0.25, 0.3) is 0 Å². The van der Waals surface area contributed by atoms with Crippen molar-refractivity contribution in [1.29, 1.82) is 0 Å². The van der Waals surface area contributed by atoms with E-state index in [0.717, 1.165) is 10.0 Å². The van der Waals surface area contributed by atoms with Crippen molar-refractivity contribution in [3.63, 3.8) is 0 Å². The number of aliphatic hydroxyl groups is 1. The fourth-order valence-corrected chi connectivity index (χ4v) is 1.74. The van der Waals surface area contributed by atoms with Crippen LogP contribution in [0.1, 0.15) is 13.8 Å². The quantitative estimate of drug-likeness (QED) is 0.817. The van der Waals surface area contributed by atoms with Crippen molar-refractivity contribution in [3.8, 4) is 0 Å². The van der Waals surface area contributed by atoms with Crippen molar-refractivity contribution in [2.45, 2.75) is 20.0 Å². The number of nitrogens with one attached hydrogen (secondary N) is 1. The van der Waals surface area contributed by atoms with Gasteiger partial charge in [0.05, 0.1) is 11.8 Å². The Hall–Kier alpha value is -0.250. The van der Waals surface area contributed by atoms with Crippen LogP contribution in [0, 0.1) is 5.92 Å². The van der Waals surface area contributed by atoms with Crippen LogP contribution in [0.4, 0.5) is 5.69 Å². The second kappa shape index (κ2) is 4.84. The predicted molar refractivity (Wildman–Crippen MR) is 58.7 cm³/mol. The molecule has 1 unspecified atom stereocenters. The van der Waals surface area contributed by atoms with Gasteiger partial charge in [0.15, 0.2) is 0 Å². The SMILES string of the molecule is CC(C)C(O)CNc1ccsc1Cl. The molecule has 2 nitrogen and oxygen atoms in total. The van der Waals surface area contributed by atoms with Gasteiger partial charge in [-0.15, -0.1) is 11.3 Å². The second-order valence-electron chi connectivity index (χ2n) is 3.30. The van der Waals surface area contributed by atoms with Crippen LogP contribution in [0.5, 0.6) is 0 Å². The number of aliphatic hydroxyl groups excluding tert-OH is 1. The summed E-state index contributed by atoms with van der Waals surface area (Å²) < 4.78 is 0.746. The summed E-state index contributed by atoms with van der Waals surface area (Å²) in [4.78, 5) is 0. The molecule has 0 saturated heterocycles. The summed E-state index contributed by atoms with van der Waals surface area (Å²) in [6, 6.07) is 1.92. The molecule has 2 N–H and O–H groups in total. The first-order chi connectivity index (χ1) is 6.11. The van der Waals surface area contributed by atoms with E-state index in [9.17, 15) is 5.11 Å². The molecule has 13 heavy (non-hydrogen) atoms. The van der Waals surface area contributed by atoms with E-state index < -0.39 is 0 Å². The van der Waals surface area contributed by atoms with Crippen molar-refractivity contribution in [1.82, 2.24) is 0 Å². The Morgan fingerprint density at radius 3 is 2.77 bits per heavy atom. The van der Waals surface area contributed by atoms with E-state index in [-0.39, 0.29) is 12.0 Å². The maximum atomic E-state index is 9.51. The third-order valence-corrected chi connectivity index (χ3v) is 3.06. The monoisotopic (exact) mass is 219 g/mol. The molecule has 0 amide bonds. The zero-order valence-corrected chi connectivity index (χ0v) is 9.32. The molecule has 0 aliphatic heterocycles. The molecule has 4 heteroatoms. The Labute approximate surface area is 87.5 Å². The van der Waals surface area contributed by atoms with E-state index in [1.165, 1.54) is 11.3 Å². The highest BCUT2D eigenvalue weighted by atomic mass is 35.5. The average molecular weight is 220 g/mol. The number of hydrogen-bond donors (Lipinski definition) is 2. The summed E-state index contributed by atoms with van der Waals surface area (Å²) in [6.45, 7) is 4.53. The molecule has 0 aliphatic rings. The topological polar surface area (TPSA) is 32.3 Å². The molecule has 0 radical (unpaired) electrons. The van der Waals surface area contributed by atoms with Crippen LogP contribution in [0.15, 0.2) is 11.4 Å². The highest BCUT2D eigenvalue weighted by Crippen LogP contribution is 2.27. The molecule has 0 fully saturated rings. The largest absolute Gasteiger partial charge is 0.391 e. The van der Waals surface area contributed by atoms with Gasteiger partial charge in [-0.1, -0.05) is 25.4 Å². The van der Waals surface area contributed by atoms with Gasteiger partial charge in [0.1, 0.15) is 4.34 Å². The number of halogens is 1. The third-order valence-electron chi connectivity index (χ3n) is 1.89. The molecule has 0 aliphatic carbocycles. The predicted octanol–water partition coefficient (Wildman–Crippen LogP) is 2.83. The van der Waals surface area contributed by atoms with Crippen molar-refractivity contribution in [3.05, 3.63) is 15.8 Å². The van der Waals surface area contributed by atoms with E-state index in [1.54, 1.807) is 0 Å². The summed E-state index contributed by atoms with van der Waals surface area (Å²) in [5.41, 5.74) is 0.909. The smallest absolute Gasteiger partial charge is 0.116 e. The Morgan fingerprint density at radius 2 is 2.31 bits per heavy atom. The lowest BCUT2D eigenvalue weighted by atomic mass is 10.1. The summed E-state index contributed by atoms with van der Waals surface area (Å²) in [5, 5.41) is 14.5. The van der Waals surface area contributed by atoms with Crippen LogP contribution >= 0.6 is 22.9 Å². The van der Waals surface area contributed by atoms with Gasteiger partial charge in [0.2, 0.25) is 0 Å². The van der Waals surface area contributed by atoms with E-state index in [2.05, 4.69) is 5.32 Å². The van der Waals surface area contributed by atoms with Gasteiger partial charge in [-0.2, -0.15) is 0 Å². The first kappa shape index (κ1) is 10.8. The van der Waals surface area contributed by atoms with Gasteiger partial charge >= 0.3 is 0 Å². The van der Waals surface area contributed by atoms with E-state index in [4.69, 9.17) is 11.6 Å². The maximum absolute atomic E-state index is 9.51. The van der Waals surface area contributed by atoms with Crippen molar-refractivity contribution >= 4 is 28.6 Å². The fourth-order valence-electron chi connectivity index (χ4n) is 0.869. The van der Waals surface area contributed by atoms with Crippen LogP contribution in [-0.2, 0) is 0 Å². The van der Waals surface area contributed by atoms with E-state index in [0.29, 0.717) is 6.54 Å². The number of thiophene rings is 1. The molecular weight excluding hydrogens is 206 g/mol. The Balaban J connectivity index is 2.39. The lowest BCUT2D eigenvalue weighted by Crippen LogP contribution is -2.24. The number of rotatable bonds is 4. The molecule has 1 aromatic rings. The van der Waals surface area contributed by atoms with Crippen molar-refractivity contribution in [2.24, 2.45) is 5.92 Å². The van der Waals surface area contributed by atoms with Gasteiger partial charge in [0, 0.05) is 6.54 Å². The summed E-state index contributed by atoms with van der Waals surface area (Å²) >= 11 is 7.36.